The summed E-state index contributed by atoms with van der Waals surface area (Å²) in [5.41, 5.74) is 6.80. The van der Waals surface area contributed by atoms with Crippen molar-refractivity contribution < 1.29 is 24.6 Å². The summed E-state index contributed by atoms with van der Waals surface area (Å²) in [5.74, 6) is -2.42. The van der Waals surface area contributed by atoms with Gasteiger partial charge in [-0.1, -0.05) is 18.2 Å². The van der Waals surface area contributed by atoms with Crippen molar-refractivity contribution in [1.29, 1.82) is 0 Å². The van der Waals surface area contributed by atoms with Crippen molar-refractivity contribution in [3.63, 3.8) is 0 Å². The Bertz CT molecular complexity index is 530. The van der Waals surface area contributed by atoms with Gasteiger partial charge in [0.2, 0.25) is 5.91 Å². The molecule has 7 nitrogen and oxygen atoms in total. The third-order valence-electron chi connectivity index (χ3n) is 2.89. The summed E-state index contributed by atoms with van der Waals surface area (Å²) in [6.07, 6.45) is 0.0990. The van der Waals surface area contributed by atoms with Gasteiger partial charge < -0.3 is 21.3 Å². The van der Waals surface area contributed by atoms with Crippen LogP contribution in [0.1, 0.15) is 24.8 Å². The lowest BCUT2D eigenvalue weighted by Crippen LogP contribution is -2.36. The molecule has 0 radical (unpaired) electrons. The monoisotopic (exact) mass is 294 g/mol. The van der Waals surface area contributed by atoms with Crippen molar-refractivity contribution in [2.45, 2.75) is 31.7 Å². The maximum atomic E-state index is 11.9. The van der Waals surface area contributed by atoms with E-state index in [0.717, 1.165) is 0 Å². The van der Waals surface area contributed by atoms with E-state index >= 15 is 0 Å². The van der Waals surface area contributed by atoms with Crippen LogP contribution in [0.2, 0.25) is 0 Å². The van der Waals surface area contributed by atoms with Crippen LogP contribution in [0.15, 0.2) is 24.3 Å². The zero-order valence-corrected chi connectivity index (χ0v) is 11.4. The number of nitrogens with one attached hydrogen (secondary N) is 1. The Balaban J connectivity index is 2.66. The number of nitrogens with two attached hydrogens (primary N) is 1. The second-order valence-electron chi connectivity index (χ2n) is 4.58. The number of hydrogen-bond donors (Lipinski definition) is 4. The topological polar surface area (TPSA) is 130 Å². The molecule has 7 heteroatoms. The molecule has 114 valence electrons. The maximum Gasteiger partial charge on any atom is 0.303 e. The second kappa shape index (κ2) is 8.01. The molecule has 0 heterocycles. The minimum atomic E-state index is -1.01. The van der Waals surface area contributed by atoms with E-state index < -0.39 is 23.9 Å². The van der Waals surface area contributed by atoms with E-state index in [1.165, 1.54) is 0 Å². The second-order valence-corrected chi connectivity index (χ2v) is 4.58. The molecule has 1 unspecified atom stereocenters. The molecule has 0 aliphatic rings. The largest absolute Gasteiger partial charge is 0.481 e. The van der Waals surface area contributed by atoms with Crippen molar-refractivity contribution in [2.24, 2.45) is 5.73 Å². The third-order valence-corrected chi connectivity index (χ3v) is 2.89. The number of carboxylic acid groups (broad SMARTS) is 2. The van der Waals surface area contributed by atoms with Gasteiger partial charge in [-0.2, -0.15) is 0 Å². The lowest BCUT2D eigenvalue weighted by Gasteiger charge is -2.14. The minimum Gasteiger partial charge on any atom is -0.481 e. The molecule has 0 aliphatic carbocycles. The van der Waals surface area contributed by atoms with Crippen LogP contribution in [0, 0.1) is 0 Å². The molecule has 0 bridgehead atoms. The summed E-state index contributed by atoms with van der Waals surface area (Å²) >= 11 is 0. The highest BCUT2D eigenvalue weighted by atomic mass is 16.4. The molecule has 0 spiro atoms. The van der Waals surface area contributed by atoms with Crippen LogP contribution in [0.25, 0.3) is 0 Å². The smallest absolute Gasteiger partial charge is 0.303 e. The molecule has 1 rings (SSSR count). The van der Waals surface area contributed by atoms with Crippen LogP contribution in [-0.4, -0.2) is 34.1 Å². The van der Waals surface area contributed by atoms with Gasteiger partial charge >= 0.3 is 11.9 Å². The Morgan fingerprint density at radius 2 is 1.71 bits per heavy atom. The van der Waals surface area contributed by atoms with Crippen molar-refractivity contribution >= 4 is 23.5 Å². The number of rotatable bonds is 8. The van der Waals surface area contributed by atoms with Gasteiger partial charge in [0.1, 0.15) is 0 Å². The predicted molar refractivity (Wildman–Crippen MR) is 75.9 cm³/mol. The van der Waals surface area contributed by atoms with Gasteiger partial charge in [0.15, 0.2) is 0 Å². The highest BCUT2D eigenvalue weighted by Crippen LogP contribution is 2.17. The molecule has 0 aromatic heterocycles. The maximum absolute atomic E-state index is 11.9. The van der Waals surface area contributed by atoms with Gasteiger partial charge in [0, 0.05) is 18.5 Å². The lowest BCUT2D eigenvalue weighted by molar-refractivity contribution is -0.138. The highest BCUT2D eigenvalue weighted by molar-refractivity contribution is 5.95. The summed E-state index contributed by atoms with van der Waals surface area (Å²) in [7, 11) is 0. The number of carbonyl (C=O) groups is 3. The van der Waals surface area contributed by atoms with Crippen LogP contribution < -0.4 is 11.1 Å². The SMILES string of the molecule is NC(CCC(=O)O)C(=O)Nc1ccccc1CCC(=O)O. The molecule has 1 aromatic carbocycles. The number of aryl methyl sites for hydroxylation is 1. The Morgan fingerprint density at radius 1 is 1.10 bits per heavy atom. The van der Waals surface area contributed by atoms with Gasteiger partial charge in [0.25, 0.3) is 0 Å². The summed E-state index contributed by atoms with van der Waals surface area (Å²) in [6.45, 7) is 0. The Labute approximate surface area is 121 Å². The summed E-state index contributed by atoms with van der Waals surface area (Å²) in [5, 5.41) is 19.9. The van der Waals surface area contributed by atoms with E-state index in [2.05, 4.69) is 5.32 Å². The van der Waals surface area contributed by atoms with E-state index in [1.54, 1.807) is 24.3 Å². The normalized spacial score (nSPS) is 11.7. The molecule has 21 heavy (non-hydrogen) atoms. The number of amides is 1. The van der Waals surface area contributed by atoms with Crippen LogP contribution in [0.4, 0.5) is 5.69 Å². The van der Waals surface area contributed by atoms with Crippen molar-refractivity contribution in [1.82, 2.24) is 0 Å². The molecule has 1 aromatic rings. The number of carboxylic acids is 2. The third kappa shape index (κ3) is 6.05. The van der Waals surface area contributed by atoms with Crippen LogP contribution in [-0.2, 0) is 20.8 Å². The number of anilines is 1. The molecule has 1 atom stereocenters. The van der Waals surface area contributed by atoms with Gasteiger partial charge in [-0.25, -0.2) is 0 Å². The number of benzene rings is 1. The first-order valence-corrected chi connectivity index (χ1v) is 6.48. The zero-order chi connectivity index (χ0) is 15.8. The van der Waals surface area contributed by atoms with Gasteiger partial charge in [-0.15, -0.1) is 0 Å². The van der Waals surface area contributed by atoms with Crippen molar-refractivity contribution in [3.8, 4) is 0 Å². The fourth-order valence-corrected chi connectivity index (χ4v) is 1.74. The predicted octanol–water partition coefficient (Wildman–Crippen LogP) is 0.834. The minimum absolute atomic E-state index is 0.0401. The quantitative estimate of drug-likeness (QED) is 0.562. The summed E-state index contributed by atoms with van der Waals surface area (Å²) in [6, 6.07) is 5.91. The Kier molecular flexibility index (Phi) is 6.35. The van der Waals surface area contributed by atoms with E-state index in [-0.39, 0.29) is 25.7 Å². The zero-order valence-electron chi connectivity index (χ0n) is 11.4. The fraction of sp³-hybridized carbons (Fsp3) is 0.357. The number of aliphatic carboxylic acids is 2. The Hall–Kier alpha value is -2.41. The molecule has 0 saturated carbocycles. The Morgan fingerprint density at radius 3 is 2.33 bits per heavy atom. The lowest BCUT2D eigenvalue weighted by atomic mass is 10.1. The number of hydrogen-bond acceptors (Lipinski definition) is 4. The van der Waals surface area contributed by atoms with E-state index in [0.29, 0.717) is 11.3 Å². The van der Waals surface area contributed by atoms with Gasteiger partial charge in [0.05, 0.1) is 6.04 Å². The summed E-state index contributed by atoms with van der Waals surface area (Å²) in [4.78, 5) is 32.9. The van der Waals surface area contributed by atoms with Crippen LogP contribution in [0.5, 0.6) is 0 Å². The standard InChI is InChI=1S/C14H18N2O5/c15-10(6-8-13(19)20)14(21)16-11-4-2-1-3-9(11)5-7-12(17)18/h1-4,10H,5-8,15H2,(H,16,21)(H,17,18)(H,19,20). The molecule has 1 amide bonds. The molecule has 5 N–H and O–H groups in total. The van der Waals surface area contributed by atoms with Gasteiger partial charge in [-0.05, 0) is 24.5 Å². The fourth-order valence-electron chi connectivity index (χ4n) is 1.74. The van der Waals surface area contributed by atoms with E-state index in [4.69, 9.17) is 15.9 Å². The van der Waals surface area contributed by atoms with Crippen LogP contribution >= 0.6 is 0 Å². The number of para-hydroxylation sites is 1. The van der Waals surface area contributed by atoms with Gasteiger partial charge in [-0.3, -0.25) is 14.4 Å². The molecule has 0 aliphatic heterocycles. The highest BCUT2D eigenvalue weighted by Gasteiger charge is 2.16. The molecular formula is C14H18N2O5. The van der Waals surface area contributed by atoms with Crippen molar-refractivity contribution in [3.05, 3.63) is 29.8 Å². The molecule has 0 saturated heterocycles. The first-order chi connectivity index (χ1) is 9.90. The first-order valence-electron chi connectivity index (χ1n) is 6.48. The number of carbonyl (C=O) groups excluding carboxylic acids is 1. The summed E-state index contributed by atoms with van der Waals surface area (Å²) < 4.78 is 0. The van der Waals surface area contributed by atoms with Crippen molar-refractivity contribution in [2.75, 3.05) is 5.32 Å². The van der Waals surface area contributed by atoms with E-state index in [9.17, 15) is 14.4 Å². The first kappa shape index (κ1) is 16.6. The van der Waals surface area contributed by atoms with E-state index in [1.807, 2.05) is 0 Å². The average molecular weight is 294 g/mol. The average Bonchev–Trinajstić information content (AvgIpc) is 2.43. The molecular weight excluding hydrogens is 276 g/mol. The molecule has 0 fully saturated rings. The van der Waals surface area contributed by atoms with Crippen LogP contribution in [0.3, 0.4) is 0 Å².